The molecule has 0 aliphatic carbocycles. The van der Waals surface area contributed by atoms with Crippen molar-refractivity contribution in [1.82, 2.24) is 24.6 Å². The molecule has 2 aromatic heterocycles. The maximum atomic E-state index is 13.5. The molecule has 2 amide bonds. The number of hydrogen-bond donors (Lipinski definition) is 2. The second kappa shape index (κ2) is 12.6. The number of benzene rings is 2. The molecule has 41 heavy (non-hydrogen) atoms. The number of rotatable bonds is 10. The van der Waals surface area contributed by atoms with Gasteiger partial charge in [0.2, 0.25) is 11.8 Å². The van der Waals surface area contributed by atoms with Crippen LogP contribution in [0, 0.1) is 6.92 Å². The van der Waals surface area contributed by atoms with Crippen molar-refractivity contribution in [3.05, 3.63) is 101 Å². The third-order valence-electron chi connectivity index (χ3n) is 7.09. The molecule has 2 aromatic carbocycles. The van der Waals surface area contributed by atoms with Crippen LogP contribution in [0.3, 0.4) is 0 Å². The van der Waals surface area contributed by atoms with Crippen LogP contribution in [0.4, 0.5) is 5.69 Å². The standard InChI is InChI=1S/C32H36N6O3/c1-7-21(4)31(40)35-28(32(41)34-27-13-10-23(11-14-27)30-36-33-19-37(30)6)17-26-16-24(9-8-22(26)5)25-12-15-29(39)38(18-25)20(2)3/h8-16,18-20,28H,4,7,17H2,1-3,5-6H3,(H,34,41)(H,35,40). The molecule has 9 nitrogen and oxygen atoms in total. The minimum atomic E-state index is -0.845. The van der Waals surface area contributed by atoms with Crippen LogP contribution < -0.4 is 16.2 Å². The maximum absolute atomic E-state index is 13.5. The topological polar surface area (TPSA) is 111 Å². The van der Waals surface area contributed by atoms with E-state index in [0.29, 0.717) is 23.5 Å². The molecular formula is C32H36N6O3. The molecule has 0 spiro atoms. The molecule has 9 heteroatoms. The summed E-state index contributed by atoms with van der Waals surface area (Å²) in [7, 11) is 1.86. The Morgan fingerprint density at radius 2 is 1.68 bits per heavy atom. The summed E-state index contributed by atoms with van der Waals surface area (Å²) < 4.78 is 3.50. The van der Waals surface area contributed by atoms with Crippen molar-refractivity contribution < 1.29 is 9.59 Å². The van der Waals surface area contributed by atoms with Gasteiger partial charge in [0.15, 0.2) is 5.82 Å². The highest BCUT2D eigenvalue weighted by Crippen LogP contribution is 2.24. The fourth-order valence-electron chi connectivity index (χ4n) is 4.48. The van der Waals surface area contributed by atoms with Crippen LogP contribution in [0.2, 0.25) is 0 Å². The lowest BCUT2D eigenvalue weighted by Gasteiger charge is -2.21. The van der Waals surface area contributed by atoms with E-state index >= 15 is 0 Å². The zero-order chi connectivity index (χ0) is 29.7. The van der Waals surface area contributed by atoms with Crippen molar-refractivity contribution in [1.29, 1.82) is 0 Å². The molecule has 0 aliphatic heterocycles. The van der Waals surface area contributed by atoms with E-state index in [0.717, 1.165) is 27.8 Å². The number of carbonyl (C=O) groups is 2. The van der Waals surface area contributed by atoms with Crippen molar-refractivity contribution in [2.75, 3.05) is 5.32 Å². The Morgan fingerprint density at radius 3 is 2.32 bits per heavy atom. The molecule has 4 aromatic rings. The SMILES string of the molecule is C=C(CC)C(=O)NC(Cc1cc(-c2ccc(=O)n(C(C)C)c2)ccc1C)C(=O)Nc1ccc(-c2nncn2C)cc1. The average Bonchev–Trinajstić information content (AvgIpc) is 3.39. The number of nitrogens with one attached hydrogen (secondary N) is 2. The van der Waals surface area contributed by atoms with Crippen LogP contribution in [-0.4, -0.2) is 37.2 Å². The van der Waals surface area contributed by atoms with Gasteiger partial charge < -0.3 is 19.8 Å². The summed E-state index contributed by atoms with van der Waals surface area (Å²) in [4.78, 5) is 38.6. The molecule has 2 N–H and O–H groups in total. The van der Waals surface area contributed by atoms with Crippen LogP contribution >= 0.6 is 0 Å². The summed E-state index contributed by atoms with van der Waals surface area (Å²) in [5.74, 6) is 0.0141. The summed E-state index contributed by atoms with van der Waals surface area (Å²) in [6.45, 7) is 11.6. The first-order valence-corrected chi connectivity index (χ1v) is 13.6. The molecule has 0 radical (unpaired) electrons. The highest BCUT2D eigenvalue weighted by Gasteiger charge is 2.23. The predicted octanol–water partition coefficient (Wildman–Crippen LogP) is 4.83. The lowest BCUT2D eigenvalue weighted by Crippen LogP contribution is -2.45. The number of anilines is 1. The summed E-state index contributed by atoms with van der Waals surface area (Å²) in [6, 6.07) is 15.8. The van der Waals surface area contributed by atoms with Gasteiger partial charge >= 0.3 is 0 Å². The molecule has 0 saturated heterocycles. The number of carbonyl (C=O) groups excluding carboxylic acids is 2. The van der Waals surface area contributed by atoms with Gasteiger partial charge in [0.1, 0.15) is 12.4 Å². The number of nitrogens with zero attached hydrogens (tertiary/aromatic N) is 4. The van der Waals surface area contributed by atoms with E-state index in [1.165, 1.54) is 0 Å². The van der Waals surface area contributed by atoms with Gasteiger partial charge in [0, 0.05) is 48.6 Å². The van der Waals surface area contributed by atoms with E-state index in [1.807, 2.05) is 75.8 Å². The minimum Gasteiger partial charge on any atom is -0.340 e. The van der Waals surface area contributed by atoms with E-state index in [1.54, 1.807) is 35.2 Å². The van der Waals surface area contributed by atoms with Gasteiger partial charge in [-0.3, -0.25) is 14.4 Å². The Morgan fingerprint density at radius 1 is 1.00 bits per heavy atom. The van der Waals surface area contributed by atoms with Crippen molar-refractivity contribution in [2.45, 2.75) is 52.6 Å². The maximum Gasteiger partial charge on any atom is 0.250 e. The first-order chi connectivity index (χ1) is 19.6. The zero-order valence-electron chi connectivity index (χ0n) is 24.1. The van der Waals surface area contributed by atoms with E-state index < -0.39 is 6.04 Å². The Balaban J connectivity index is 1.60. The fraction of sp³-hybridized carbons (Fsp3) is 0.281. The van der Waals surface area contributed by atoms with Crippen LogP contribution in [0.25, 0.3) is 22.5 Å². The first kappa shape index (κ1) is 29.2. The first-order valence-electron chi connectivity index (χ1n) is 13.6. The van der Waals surface area contributed by atoms with Gasteiger partial charge in [-0.25, -0.2) is 0 Å². The van der Waals surface area contributed by atoms with Crippen molar-refractivity contribution >= 4 is 17.5 Å². The summed E-state index contributed by atoms with van der Waals surface area (Å²) in [5.41, 5.74) is 5.51. The van der Waals surface area contributed by atoms with Gasteiger partial charge in [0.25, 0.3) is 5.56 Å². The zero-order valence-corrected chi connectivity index (χ0v) is 24.1. The quantitative estimate of drug-likeness (QED) is 0.274. The van der Waals surface area contributed by atoms with Gasteiger partial charge in [0.05, 0.1) is 0 Å². The van der Waals surface area contributed by atoms with Gasteiger partial charge in [-0.15, -0.1) is 10.2 Å². The van der Waals surface area contributed by atoms with E-state index in [2.05, 4.69) is 27.4 Å². The monoisotopic (exact) mass is 552 g/mol. The Kier molecular flexibility index (Phi) is 8.97. The Hall–Kier alpha value is -4.79. The number of hydrogen-bond acceptors (Lipinski definition) is 5. The van der Waals surface area contributed by atoms with Crippen LogP contribution in [0.1, 0.15) is 44.4 Å². The van der Waals surface area contributed by atoms with Crippen LogP contribution in [0.15, 0.2) is 84.1 Å². The second-order valence-electron chi connectivity index (χ2n) is 10.4. The van der Waals surface area contributed by atoms with E-state index in [4.69, 9.17) is 0 Å². The summed E-state index contributed by atoms with van der Waals surface area (Å²) in [6.07, 6.45) is 4.22. The third kappa shape index (κ3) is 6.87. The minimum absolute atomic E-state index is 0.0248. The smallest absolute Gasteiger partial charge is 0.250 e. The third-order valence-corrected chi connectivity index (χ3v) is 7.09. The number of aryl methyl sites for hydroxylation is 2. The molecular weight excluding hydrogens is 516 g/mol. The highest BCUT2D eigenvalue weighted by atomic mass is 16.2. The van der Waals surface area contributed by atoms with Crippen molar-refractivity contribution in [3.63, 3.8) is 0 Å². The number of aromatic nitrogens is 4. The normalized spacial score (nSPS) is 11.8. The van der Waals surface area contributed by atoms with E-state index in [-0.39, 0.29) is 29.8 Å². The second-order valence-corrected chi connectivity index (χ2v) is 10.4. The Labute approximate surface area is 239 Å². The molecule has 4 rings (SSSR count). The van der Waals surface area contributed by atoms with Gasteiger partial charge in [-0.2, -0.15) is 0 Å². The lowest BCUT2D eigenvalue weighted by molar-refractivity contribution is -0.124. The largest absolute Gasteiger partial charge is 0.340 e. The fourth-order valence-corrected chi connectivity index (χ4v) is 4.48. The molecule has 0 bridgehead atoms. The highest BCUT2D eigenvalue weighted by molar-refractivity contribution is 6.00. The molecule has 2 heterocycles. The molecule has 1 unspecified atom stereocenters. The molecule has 0 fully saturated rings. The summed E-state index contributed by atoms with van der Waals surface area (Å²) >= 11 is 0. The summed E-state index contributed by atoms with van der Waals surface area (Å²) in [5, 5.41) is 13.8. The molecule has 1 atom stereocenters. The number of amides is 2. The lowest BCUT2D eigenvalue weighted by atomic mass is 9.95. The molecule has 0 saturated carbocycles. The van der Waals surface area contributed by atoms with E-state index in [9.17, 15) is 14.4 Å². The number of pyridine rings is 1. The average molecular weight is 553 g/mol. The van der Waals surface area contributed by atoms with Crippen molar-refractivity contribution in [3.8, 4) is 22.5 Å². The van der Waals surface area contributed by atoms with Crippen molar-refractivity contribution in [2.24, 2.45) is 7.05 Å². The van der Waals surface area contributed by atoms with Crippen LogP contribution in [-0.2, 0) is 23.1 Å². The molecule has 212 valence electrons. The van der Waals surface area contributed by atoms with Gasteiger partial charge in [-0.1, -0.05) is 31.7 Å². The predicted molar refractivity (Wildman–Crippen MR) is 161 cm³/mol. The Bertz CT molecular complexity index is 1630. The molecule has 0 aliphatic rings. The van der Waals surface area contributed by atoms with Crippen LogP contribution in [0.5, 0.6) is 0 Å². The van der Waals surface area contributed by atoms with Gasteiger partial charge in [-0.05, 0) is 79.8 Å².